The Labute approximate surface area is 119 Å². The zero-order valence-electron chi connectivity index (χ0n) is 11.2. The van der Waals surface area contributed by atoms with Crippen molar-refractivity contribution in [2.24, 2.45) is 0 Å². The Bertz CT molecular complexity index is 647. The van der Waals surface area contributed by atoms with E-state index in [1.54, 1.807) is 30.3 Å². The van der Waals surface area contributed by atoms with E-state index < -0.39 is 34.4 Å². The third-order valence-electron chi connectivity index (χ3n) is 3.43. The van der Waals surface area contributed by atoms with E-state index in [-0.39, 0.29) is 6.42 Å². The molecule has 0 saturated carbocycles. The summed E-state index contributed by atoms with van der Waals surface area (Å²) in [4.78, 5) is 11.6. The van der Waals surface area contributed by atoms with Crippen LogP contribution in [0.5, 0.6) is 0 Å². The van der Waals surface area contributed by atoms with E-state index in [0.717, 1.165) is 0 Å². The van der Waals surface area contributed by atoms with Crippen molar-refractivity contribution in [3.8, 4) is 0 Å². The molecule has 2 nitrogen and oxygen atoms in total. The van der Waals surface area contributed by atoms with Crippen LogP contribution in [0.4, 0.5) is 13.2 Å². The van der Waals surface area contributed by atoms with Gasteiger partial charge >= 0.3 is 5.97 Å². The molecule has 0 saturated heterocycles. The summed E-state index contributed by atoms with van der Waals surface area (Å²) < 4.78 is 40.8. The summed E-state index contributed by atoms with van der Waals surface area (Å²) in [5, 5.41) is 9.44. The highest BCUT2D eigenvalue weighted by Crippen LogP contribution is 2.33. The summed E-state index contributed by atoms with van der Waals surface area (Å²) in [5.41, 5.74) is -1.85. The first-order valence-electron chi connectivity index (χ1n) is 6.27. The van der Waals surface area contributed by atoms with Crippen molar-refractivity contribution in [3.63, 3.8) is 0 Å². The van der Waals surface area contributed by atoms with Gasteiger partial charge in [0.05, 0.1) is 5.41 Å². The number of rotatable bonds is 4. The van der Waals surface area contributed by atoms with Gasteiger partial charge in [0.15, 0.2) is 0 Å². The minimum atomic E-state index is -1.83. The smallest absolute Gasteiger partial charge is 0.314 e. The molecule has 21 heavy (non-hydrogen) atoms. The van der Waals surface area contributed by atoms with Crippen molar-refractivity contribution in [1.82, 2.24) is 0 Å². The molecule has 0 radical (unpaired) electrons. The molecule has 1 unspecified atom stereocenters. The molecule has 2 aromatic rings. The summed E-state index contributed by atoms with van der Waals surface area (Å²) in [6, 6.07) is 9.47. The highest BCUT2D eigenvalue weighted by Gasteiger charge is 2.40. The molecule has 0 aliphatic heterocycles. The fourth-order valence-corrected chi connectivity index (χ4v) is 2.34. The lowest BCUT2D eigenvalue weighted by Gasteiger charge is -2.26. The van der Waals surface area contributed by atoms with E-state index in [9.17, 15) is 23.1 Å². The van der Waals surface area contributed by atoms with Gasteiger partial charge in [-0.2, -0.15) is 0 Å². The molecule has 0 aromatic heterocycles. The van der Waals surface area contributed by atoms with Crippen LogP contribution in [-0.2, 0) is 16.6 Å². The van der Waals surface area contributed by atoms with E-state index in [4.69, 9.17) is 0 Å². The predicted octanol–water partition coefficient (Wildman–Crippen LogP) is 3.69. The maximum Gasteiger partial charge on any atom is 0.314 e. The molecule has 2 rings (SSSR count). The van der Waals surface area contributed by atoms with Gasteiger partial charge < -0.3 is 5.11 Å². The Morgan fingerprint density at radius 1 is 1.10 bits per heavy atom. The zero-order valence-corrected chi connectivity index (χ0v) is 11.2. The number of benzene rings is 2. The molecule has 0 spiro atoms. The van der Waals surface area contributed by atoms with Crippen molar-refractivity contribution in [2.75, 3.05) is 0 Å². The van der Waals surface area contributed by atoms with Crippen LogP contribution in [0.1, 0.15) is 18.1 Å². The van der Waals surface area contributed by atoms with E-state index >= 15 is 0 Å². The van der Waals surface area contributed by atoms with Crippen LogP contribution in [0.25, 0.3) is 0 Å². The zero-order chi connectivity index (χ0) is 15.6. The van der Waals surface area contributed by atoms with Gasteiger partial charge in [0.25, 0.3) is 0 Å². The second-order valence-corrected chi connectivity index (χ2v) is 5.04. The normalized spacial score (nSPS) is 13.7. The lowest BCUT2D eigenvalue weighted by molar-refractivity contribution is -0.143. The number of carboxylic acids is 1. The minimum Gasteiger partial charge on any atom is -0.481 e. The molecular weight excluding hydrogens is 281 g/mol. The maximum atomic E-state index is 13.9. The Balaban J connectivity index is 2.56. The van der Waals surface area contributed by atoms with Crippen molar-refractivity contribution in [3.05, 3.63) is 71.0 Å². The summed E-state index contributed by atoms with van der Waals surface area (Å²) >= 11 is 0. The SMILES string of the molecule is CC(Cc1ccccc1)(C(=O)O)c1c(F)cc(F)cc1F. The number of aliphatic carboxylic acids is 1. The molecule has 0 aliphatic carbocycles. The Hall–Kier alpha value is -2.30. The van der Waals surface area contributed by atoms with Crippen LogP contribution >= 0.6 is 0 Å². The third-order valence-corrected chi connectivity index (χ3v) is 3.43. The number of halogens is 3. The number of hydrogen-bond acceptors (Lipinski definition) is 1. The van der Waals surface area contributed by atoms with Crippen LogP contribution in [0.2, 0.25) is 0 Å². The van der Waals surface area contributed by atoms with Gasteiger partial charge in [-0.25, -0.2) is 13.2 Å². The van der Waals surface area contributed by atoms with E-state index in [2.05, 4.69) is 0 Å². The lowest BCUT2D eigenvalue weighted by atomic mass is 9.76. The predicted molar refractivity (Wildman–Crippen MR) is 71.4 cm³/mol. The van der Waals surface area contributed by atoms with Crippen LogP contribution in [0.15, 0.2) is 42.5 Å². The average Bonchev–Trinajstić information content (AvgIpc) is 2.38. The van der Waals surface area contributed by atoms with Crippen molar-refractivity contribution < 1.29 is 23.1 Å². The second kappa shape index (κ2) is 5.60. The molecular formula is C16H13F3O2. The maximum absolute atomic E-state index is 13.9. The first-order valence-corrected chi connectivity index (χ1v) is 6.27. The molecule has 0 amide bonds. The van der Waals surface area contributed by atoms with E-state index in [1.807, 2.05) is 0 Å². The first-order chi connectivity index (χ1) is 9.84. The lowest BCUT2D eigenvalue weighted by Crippen LogP contribution is -2.37. The fourth-order valence-electron chi connectivity index (χ4n) is 2.34. The quantitative estimate of drug-likeness (QED) is 0.933. The molecule has 1 N–H and O–H groups in total. The average molecular weight is 294 g/mol. The van der Waals surface area contributed by atoms with Crippen LogP contribution in [0, 0.1) is 17.5 Å². The first kappa shape index (κ1) is 15.1. The number of hydrogen-bond donors (Lipinski definition) is 1. The highest BCUT2D eigenvalue weighted by atomic mass is 19.1. The standard InChI is InChI=1S/C16H13F3O2/c1-16(15(20)21,9-10-5-3-2-4-6-10)14-12(18)7-11(17)8-13(14)19/h2-8H,9H2,1H3,(H,20,21). The number of carboxylic acid groups (broad SMARTS) is 1. The number of carbonyl (C=O) groups is 1. The topological polar surface area (TPSA) is 37.3 Å². The molecule has 2 aromatic carbocycles. The highest BCUT2D eigenvalue weighted by molar-refractivity contribution is 5.81. The second-order valence-electron chi connectivity index (χ2n) is 5.04. The van der Waals surface area contributed by atoms with Crippen LogP contribution in [0.3, 0.4) is 0 Å². The van der Waals surface area contributed by atoms with E-state index in [0.29, 0.717) is 17.7 Å². The van der Waals surface area contributed by atoms with Gasteiger partial charge in [-0.1, -0.05) is 30.3 Å². The molecule has 0 heterocycles. The largest absolute Gasteiger partial charge is 0.481 e. The minimum absolute atomic E-state index is 0.108. The summed E-state index contributed by atoms with van der Waals surface area (Å²) in [7, 11) is 0. The van der Waals surface area contributed by atoms with Gasteiger partial charge in [0.1, 0.15) is 17.5 Å². The van der Waals surface area contributed by atoms with Crippen molar-refractivity contribution in [1.29, 1.82) is 0 Å². The Morgan fingerprint density at radius 2 is 1.62 bits per heavy atom. The summed E-state index contributed by atoms with van der Waals surface area (Å²) in [6.45, 7) is 1.22. The molecule has 0 bridgehead atoms. The van der Waals surface area contributed by atoms with Gasteiger partial charge in [-0.3, -0.25) is 4.79 Å². The van der Waals surface area contributed by atoms with Gasteiger partial charge in [0.2, 0.25) is 0 Å². The van der Waals surface area contributed by atoms with Gasteiger partial charge in [-0.15, -0.1) is 0 Å². The summed E-state index contributed by atoms with van der Waals surface area (Å²) in [6.07, 6.45) is -0.108. The van der Waals surface area contributed by atoms with Gasteiger partial charge in [-0.05, 0) is 18.9 Å². The van der Waals surface area contributed by atoms with Crippen molar-refractivity contribution in [2.45, 2.75) is 18.8 Å². The Kier molecular flexibility index (Phi) is 4.02. The van der Waals surface area contributed by atoms with Crippen LogP contribution < -0.4 is 0 Å². The molecule has 1 atom stereocenters. The van der Waals surface area contributed by atoms with Crippen molar-refractivity contribution >= 4 is 5.97 Å². The summed E-state index contributed by atoms with van der Waals surface area (Å²) in [5.74, 6) is -4.86. The van der Waals surface area contributed by atoms with Crippen LogP contribution in [-0.4, -0.2) is 11.1 Å². The van der Waals surface area contributed by atoms with E-state index in [1.165, 1.54) is 6.92 Å². The fraction of sp³-hybridized carbons (Fsp3) is 0.188. The molecule has 0 fully saturated rings. The molecule has 110 valence electrons. The molecule has 0 aliphatic rings. The Morgan fingerprint density at radius 3 is 2.10 bits per heavy atom. The molecule has 5 heteroatoms. The third kappa shape index (κ3) is 2.91. The monoisotopic (exact) mass is 294 g/mol. The van der Waals surface area contributed by atoms with Gasteiger partial charge in [0, 0.05) is 17.7 Å².